The van der Waals surface area contributed by atoms with Crippen LogP contribution in [0.25, 0.3) is 0 Å². The molecule has 0 bridgehead atoms. The average molecular weight is 278 g/mol. The molecular formula is C15H26N4O. The molecule has 0 aromatic carbocycles. The van der Waals surface area contributed by atoms with Crippen molar-refractivity contribution in [3.63, 3.8) is 0 Å². The van der Waals surface area contributed by atoms with Crippen molar-refractivity contribution in [1.82, 2.24) is 20.1 Å². The van der Waals surface area contributed by atoms with Gasteiger partial charge in [-0.25, -0.2) is 0 Å². The maximum atomic E-state index is 6.36. The van der Waals surface area contributed by atoms with E-state index in [4.69, 9.17) is 4.74 Å². The molecule has 20 heavy (non-hydrogen) atoms. The van der Waals surface area contributed by atoms with Gasteiger partial charge in [0.1, 0.15) is 12.2 Å². The first-order valence-corrected chi connectivity index (χ1v) is 8.06. The SMILES string of the molecule is CCn1cnnc1CNCC1CCC2(CCCCC2)O1. The van der Waals surface area contributed by atoms with Crippen molar-refractivity contribution >= 4 is 0 Å². The monoisotopic (exact) mass is 278 g/mol. The summed E-state index contributed by atoms with van der Waals surface area (Å²) in [7, 11) is 0. The van der Waals surface area contributed by atoms with E-state index in [1.807, 2.05) is 0 Å². The van der Waals surface area contributed by atoms with Gasteiger partial charge < -0.3 is 14.6 Å². The lowest BCUT2D eigenvalue weighted by molar-refractivity contribution is -0.0624. The number of aryl methyl sites for hydroxylation is 1. The van der Waals surface area contributed by atoms with Gasteiger partial charge in [0, 0.05) is 13.1 Å². The van der Waals surface area contributed by atoms with E-state index < -0.39 is 0 Å². The standard InChI is InChI=1S/C15H26N4O/c1-2-19-12-17-18-14(19)11-16-10-13-6-9-15(20-13)7-4-3-5-8-15/h12-13,16H,2-11H2,1H3. The number of nitrogens with zero attached hydrogens (tertiary/aromatic N) is 3. The molecule has 0 amide bonds. The number of rotatable bonds is 5. The van der Waals surface area contributed by atoms with E-state index in [0.29, 0.717) is 6.10 Å². The van der Waals surface area contributed by atoms with Crippen molar-refractivity contribution in [2.75, 3.05) is 6.54 Å². The van der Waals surface area contributed by atoms with Crippen LogP contribution in [-0.4, -0.2) is 33.0 Å². The minimum atomic E-state index is 0.230. The second-order valence-corrected chi connectivity index (χ2v) is 6.19. The van der Waals surface area contributed by atoms with Crippen LogP contribution in [0.1, 0.15) is 57.7 Å². The zero-order chi connectivity index (χ0) is 13.8. The summed E-state index contributed by atoms with van der Waals surface area (Å²) in [6.45, 7) is 4.74. The first-order chi connectivity index (χ1) is 9.81. The maximum absolute atomic E-state index is 6.36. The van der Waals surface area contributed by atoms with Gasteiger partial charge in [0.2, 0.25) is 0 Å². The quantitative estimate of drug-likeness (QED) is 0.897. The van der Waals surface area contributed by atoms with Crippen molar-refractivity contribution in [2.24, 2.45) is 0 Å². The Morgan fingerprint density at radius 1 is 1.35 bits per heavy atom. The average Bonchev–Trinajstić information content (AvgIpc) is 3.07. The van der Waals surface area contributed by atoms with E-state index >= 15 is 0 Å². The first kappa shape index (κ1) is 14.0. The third-order valence-electron chi connectivity index (χ3n) is 4.79. The molecule has 1 aliphatic heterocycles. The van der Waals surface area contributed by atoms with E-state index in [9.17, 15) is 0 Å². The minimum Gasteiger partial charge on any atom is -0.370 e. The predicted octanol–water partition coefficient (Wildman–Crippen LogP) is 2.27. The highest BCUT2D eigenvalue weighted by Gasteiger charge is 2.40. The van der Waals surface area contributed by atoms with Crippen LogP contribution < -0.4 is 5.32 Å². The van der Waals surface area contributed by atoms with Crippen molar-refractivity contribution in [3.05, 3.63) is 12.2 Å². The van der Waals surface area contributed by atoms with E-state index in [1.54, 1.807) is 6.33 Å². The molecule has 1 aliphatic carbocycles. The highest BCUT2D eigenvalue weighted by Crippen LogP contribution is 2.41. The Bertz CT molecular complexity index is 425. The fraction of sp³-hybridized carbons (Fsp3) is 0.867. The Morgan fingerprint density at radius 2 is 2.20 bits per heavy atom. The summed E-state index contributed by atoms with van der Waals surface area (Å²) < 4.78 is 8.44. The largest absolute Gasteiger partial charge is 0.370 e. The molecular weight excluding hydrogens is 252 g/mol. The van der Waals surface area contributed by atoms with Gasteiger partial charge in [0.25, 0.3) is 0 Å². The second-order valence-electron chi connectivity index (χ2n) is 6.19. The number of hydrogen-bond acceptors (Lipinski definition) is 4. The summed E-state index contributed by atoms with van der Waals surface area (Å²) in [5.41, 5.74) is 0.230. The topological polar surface area (TPSA) is 52.0 Å². The van der Waals surface area contributed by atoms with Gasteiger partial charge in [-0.1, -0.05) is 19.3 Å². The molecule has 1 atom stereocenters. The normalized spacial score (nSPS) is 25.4. The Hall–Kier alpha value is -0.940. The van der Waals surface area contributed by atoms with E-state index in [-0.39, 0.29) is 5.60 Å². The van der Waals surface area contributed by atoms with Crippen LogP contribution in [-0.2, 0) is 17.8 Å². The maximum Gasteiger partial charge on any atom is 0.146 e. The van der Waals surface area contributed by atoms with Gasteiger partial charge in [0.15, 0.2) is 0 Å². The molecule has 112 valence electrons. The van der Waals surface area contributed by atoms with Crippen LogP contribution in [0.2, 0.25) is 0 Å². The van der Waals surface area contributed by atoms with Gasteiger partial charge in [-0.05, 0) is 32.6 Å². The summed E-state index contributed by atoms with van der Waals surface area (Å²) in [5.74, 6) is 1.01. The Balaban J connectivity index is 1.43. The zero-order valence-corrected chi connectivity index (χ0v) is 12.5. The minimum absolute atomic E-state index is 0.230. The van der Waals surface area contributed by atoms with Gasteiger partial charge in [-0.3, -0.25) is 0 Å². The zero-order valence-electron chi connectivity index (χ0n) is 12.5. The molecule has 1 N–H and O–H groups in total. The Kier molecular flexibility index (Phi) is 4.36. The van der Waals surface area contributed by atoms with Gasteiger partial charge in [0.05, 0.1) is 18.2 Å². The Labute approximate surface area is 121 Å². The predicted molar refractivity (Wildman–Crippen MR) is 77.3 cm³/mol. The summed E-state index contributed by atoms with van der Waals surface area (Å²) >= 11 is 0. The Morgan fingerprint density at radius 3 is 3.00 bits per heavy atom. The summed E-state index contributed by atoms with van der Waals surface area (Å²) in [6, 6.07) is 0. The van der Waals surface area contributed by atoms with Gasteiger partial charge in [-0.2, -0.15) is 0 Å². The van der Waals surface area contributed by atoms with Crippen LogP contribution in [0.3, 0.4) is 0 Å². The summed E-state index contributed by atoms with van der Waals surface area (Å²) in [5, 5.41) is 11.6. The van der Waals surface area contributed by atoms with Crippen LogP contribution in [0.5, 0.6) is 0 Å². The molecule has 1 unspecified atom stereocenters. The van der Waals surface area contributed by atoms with Gasteiger partial charge in [-0.15, -0.1) is 10.2 Å². The first-order valence-electron chi connectivity index (χ1n) is 8.06. The molecule has 5 heteroatoms. The molecule has 1 aromatic rings. The highest BCUT2D eigenvalue weighted by molar-refractivity contribution is 4.92. The number of hydrogen-bond donors (Lipinski definition) is 1. The summed E-state index contributed by atoms with van der Waals surface area (Å²) in [4.78, 5) is 0. The molecule has 0 radical (unpaired) electrons. The fourth-order valence-corrected chi connectivity index (χ4v) is 3.63. The smallest absolute Gasteiger partial charge is 0.146 e. The van der Waals surface area contributed by atoms with Crippen molar-refractivity contribution in [3.8, 4) is 0 Å². The van der Waals surface area contributed by atoms with Crippen molar-refractivity contribution in [2.45, 2.75) is 76.7 Å². The van der Waals surface area contributed by atoms with Crippen molar-refractivity contribution < 1.29 is 4.74 Å². The van der Waals surface area contributed by atoms with E-state index in [1.165, 1.54) is 44.9 Å². The molecule has 3 rings (SSSR count). The van der Waals surface area contributed by atoms with Crippen molar-refractivity contribution in [1.29, 1.82) is 0 Å². The molecule has 1 saturated carbocycles. The second kappa shape index (κ2) is 6.22. The lowest BCUT2D eigenvalue weighted by atomic mass is 9.83. The van der Waals surface area contributed by atoms with Crippen LogP contribution in [0.4, 0.5) is 0 Å². The molecule has 1 spiro atoms. The molecule has 1 saturated heterocycles. The number of ether oxygens (including phenoxy) is 1. The molecule has 2 aliphatic rings. The molecule has 1 aromatic heterocycles. The van der Waals surface area contributed by atoms with Crippen LogP contribution in [0, 0.1) is 0 Å². The highest BCUT2D eigenvalue weighted by atomic mass is 16.5. The lowest BCUT2D eigenvalue weighted by Gasteiger charge is -2.33. The fourth-order valence-electron chi connectivity index (χ4n) is 3.63. The molecule has 2 fully saturated rings. The molecule has 5 nitrogen and oxygen atoms in total. The summed E-state index contributed by atoms with van der Waals surface area (Å²) in [6.07, 6.45) is 11.3. The van der Waals surface area contributed by atoms with Crippen LogP contribution in [0.15, 0.2) is 6.33 Å². The third-order valence-corrected chi connectivity index (χ3v) is 4.79. The van der Waals surface area contributed by atoms with Gasteiger partial charge >= 0.3 is 0 Å². The van der Waals surface area contributed by atoms with E-state index in [2.05, 4.69) is 27.0 Å². The molecule has 2 heterocycles. The lowest BCUT2D eigenvalue weighted by Crippen LogP contribution is -2.34. The number of aromatic nitrogens is 3. The third kappa shape index (κ3) is 3.04. The van der Waals surface area contributed by atoms with Crippen LogP contribution >= 0.6 is 0 Å². The number of nitrogens with one attached hydrogen (secondary N) is 1. The van der Waals surface area contributed by atoms with E-state index in [0.717, 1.165) is 25.5 Å².